The van der Waals surface area contributed by atoms with E-state index in [0.717, 1.165) is 15.8 Å². The summed E-state index contributed by atoms with van der Waals surface area (Å²) in [6, 6.07) is 4.17. The molecule has 106 valence electrons. The van der Waals surface area contributed by atoms with Crippen molar-refractivity contribution >= 4 is 32.6 Å². The minimum Gasteiger partial charge on any atom is -0.376 e. The molecule has 3 rings (SSSR count). The van der Waals surface area contributed by atoms with Crippen LogP contribution in [-0.2, 0) is 14.3 Å². The molecule has 2 heterocycles. The first-order chi connectivity index (χ1) is 9.63. The maximum absolute atomic E-state index is 12.0. The molecule has 0 spiro atoms. The van der Waals surface area contributed by atoms with Crippen LogP contribution in [-0.4, -0.2) is 36.8 Å². The Morgan fingerprint density at radius 1 is 1.40 bits per heavy atom. The summed E-state index contributed by atoms with van der Waals surface area (Å²) in [6.07, 6.45) is -0.543. The smallest absolute Gasteiger partial charge is 0.257 e. The number of aromatic nitrogens is 1. The zero-order valence-corrected chi connectivity index (χ0v) is 12.3. The number of nitrogens with one attached hydrogen (secondary N) is 1. The first-order valence-corrected chi connectivity index (χ1v) is 7.33. The van der Waals surface area contributed by atoms with Crippen molar-refractivity contribution in [2.24, 2.45) is 0 Å². The first-order valence-electron chi connectivity index (χ1n) is 6.51. The Bertz CT molecular complexity index is 647. The van der Waals surface area contributed by atoms with Gasteiger partial charge in [-0.05, 0) is 31.0 Å². The number of amides is 1. The molecule has 0 aliphatic carbocycles. The van der Waals surface area contributed by atoms with Crippen LogP contribution in [0.3, 0.4) is 0 Å². The number of hydrogen-bond donors (Lipinski definition) is 1. The average Bonchev–Trinajstić information content (AvgIpc) is 2.82. The summed E-state index contributed by atoms with van der Waals surface area (Å²) < 4.78 is 11.7. The van der Waals surface area contributed by atoms with Crippen LogP contribution in [0.2, 0.25) is 0 Å². The Balaban J connectivity index is 1.80. The second-order valence-corrected chi connectivity index (χ2v) is 5.90. The van der Waals surface area contributed by atoms with Crippen molar-refractivity contribution < 1.29 is 14.3 Å². The number of rotatable bonds is 2. The van der Waals surface area contributed by atoms with Gasteiger partial charge in [0.15, 0.2) is 11.2 Å². The standard InChI is InChI=1S/C14H16N2O3S/c1-8-5-9(2)12-11(6-8)20-14(15-12)16-13(17)10-7-18-3-4-19-10/h5-6,10H,3-4,7H2,1-2H3,(H,15,16,17). The van der Waals surface area contributed by atoms with Crippen molar-refractivity contribution in [1.29, 1.82) is 0 Å². The van der Waals surface area contributed by atoms with Gasteiger partial charge in [0.2, 0.25) is 0 Å². The highest BCUT2D eigenvalue weighted by Gasteiger charge is 2.23. The first kappa shape index (κ1) is 13.5. The van der Waals surface area contributed by atoms with E-state index in [4.69, 9.17) is 9.47 Å². The Kier molecular flexibility index (Phi) is 3.69. The normalized spacial score (nSPS) is 19.2. The van der Waals surface area contributed by atoms with E-state index >= 15 is 0 Å². The van der Waals surface area contributed by atoms with Gasteiger partial charge in [0.25, 0.3) is 5.91 Å². The zero-order chi connectivity index (χ0) is 14.1. The predicted octanol–water partition coefficient (Wildman–Crippen LogP) is 2.27. The van der Waals surface area contributed by atoms with Crippen LogP contribution in [0.4, 0.5) is 5.13 Å². The molecule has 0 saturated carbocycles. The summed E-state index contributed by atoms with van der Waals surface area (Å²) in [6.45, 7) is 5.38. The van der Waals surface area contributed by atoms with Crippen molar-refractivity contribution in [2.45, 2.75) is 20.0 Å². The van der Waals surface area contributed by atoms with E-state index in [2.05, 4.69) is 29.4 Å². The summed E-state index contributed by atoms with van der Waals surface area (Å²) >= 11 is 1.48. The predicted molar refractivity (Wildman–Crippen MR) is 78.3 cm³/mol. The van der Waals surface area contributed by atoms with Crippen LogP contribution in [0, 0.1) is 13.8 Å². The molecule has 1 aliphatic rings. The number of fused-ring (bicyclic) bond motifs is 1. The number of thiazole rings is 1. The molecular weight excluding hydrogens is 276 g/mol. The second kappa shape index (κ2) is 5.47. The number of aryl methyl sites for hydroxylation is 2. The minimum absolute atomic E-state index is 0.196. The largest absolute Gasteiger partial charge is 0.376 e. The van der Waals surface area contributed by atoms with Crippen molar-refractivity contribution in [3.63, 3.8) is 0 Å². The molecule has 1 saturated heterocycles. The number of anilines is 1. The van der Waals surface area contributed by atoms with Crippen molar-refractivity contribution in [3.8, 4) is 0 Å². The third kappa shape index (κ3) is 2.67. The molecule has 5 nitrogen and oxygen atoms in total. The summed E-state index contributed by atoms with van der Waals surface area (Å²) in [7, 11) is 0. The molecule has 20 heavy (non-hydrogen) atoms. The van der Waals surface area contributed by atoms with Crippen LogP contribution in [0.1, 0.15) is 11.1 Å². The van der Waals surface area contributed by atoms with Crippen molar-refractivity contribution in [2.75, 3.05) is 25.1 Å². The highest BCUT2D eigenvalue weighted by molar-refractivity contribution is 7.22. The van der Waals surface area contributed by atoms with Gasteiger partial charge in [-0.2, -0.15) is 0 Å². The van der Waals surface area contributed by atoms with Crippen molar-refractivity contribution in [1.82, 2.24) is 4.98 Å². The zero-order valence-electron chi connectivity index (χ0n) is 11.4. The molecule has 1 atom stereocenters. The van der Waals surface area contributed by atoms with Crippen LogP contribution in [0.15, 0.2) is 12.1 Å². The molecular formula is C14H16N2O3S. The van der Waals surface area contributed by atoms with Gasteiger partial charge in [-0.15, -0.1) is 0 Å². The lowest BCUT2D eigenvalue weighted by Crippen LogP contribution is -2.39. The van der Waals surface area contributed by atoms with Gasteiger partial charge in [0.05, 0.1) is 30.0 Å². The average molecular weight is 292 g/mol. The fraction of sp³-hybridized carbons (Fsp3) is 0.429. The van der Waals surface area contributed by atoms with E-state index in [0.29, 0.717) is 25.0 Å². The number of carbonyl (C=O) groups excluding carboxylic acids is 1. The van der Waals surface area contributed by atoms with E-state index in [1.807, 2.05) is 6.92 Å². The monoisotopic (exact) mass is 292 g/mol. The molecule has 1 N–H and O–H groups in total. The van der Waals surface area contributed by atoms with E-state index < -0.39 is 6.10 Å². The van der Waals surface area contributed by atoms with E-state index in [9.17, 15) is 4.79 Å². The molecule has 1 aromatic heterocycles. The lowest BCUT2D eigenvalue weighted by Gasteiger charge is -2.21. The number of ether oxygens (including phenoxy) is 2. The molecule has 6 heteroatoms. The molecule has 0 bridgehead atoms. The molecule has 1 fully saturated rings. The van der Waals surface area contributed by atoms with Gasteiger partial charge in [-0.3, -0.25) is 10.1 Å². The minimum atomic E-state index is -0.543. The molecule has 2 aromatic rings. The summed E-state index contributed by atoms with van der Waals surface area (Å²) in [5.74, 6) is -0.196. The topological polar surface area (TPSA) is 60.5 Å². The molecule has 1 amide bonds. The Morgan fingerprint density at radius 2 is 2.25 bits per heavy atom. The van der Waals surface area contributed by atoms with Gasteiger partial charge >= 0.3 is 0 Å². The number of carbonyl (C=O) groups is 1. The van der Waals surface area contributed by atoms with Crippen LogP contribution in [0.25, 0.3) is 10.2 Å². The third-order valence-corrected chi connectivity index (χ3v) is 4.09. The van der Waals surface area contributed by atoms with Gasteiger partial charge in [-0.25, -0.2) is 4.98 Å². The van der Waals surface area contributed by atoms with Crippen LogP contribution in [0.5, 0.6) is 0 Å². The van der Waals surface area contributed by atoms with Crippen LogP contribution < -0.4 is 5.32 Å². The van der Waals surface area contributed by atoms with E-state index in [1.165, 1.54) is 16.9 Å². The van der Waals surface area contributed by atoms with Crippen molar-refractivity contribution in [3.05, 3.63) is 23.3 Å². The number of benzene rings is 1. The fourth-order valence-electron chi connectivity index (χ4n) is 2.25. The Hall–Kier alpha value is -1.50. The van der Waals surface area contributed by atoms with Crippen LogP contribution >= 0.6 is 11.3 Å². The molecule has 1 unspecified atom stereocenters. The second-order valence-electron chi connectivity index (χ2n) is 4.87. The highest BCUT2D eigenvalue weighted by atomic mass is 32.1. The maximum atomic E-state index is 12.0. The third-order valence-electron chi connectivity index (χ3n) is 3.17. The fourth-order valence-corrected chi connectivity index (χ4v) is 3.29. The summed E-state index contributed by atoms with van der Waals surface area (Å²) in [4.78, 5) is 16.5. The van der Waals surface area contributed by atoms with E-state index in [-0.39, 0.29) is 5.91 Å². The van der Waals surface area contributed by atoms with Gasteiger partial charge < -0.3 is 9.47 Å². The Morgan fingerprint density at radius 3 is 3.00 bits per heavy atom. The highest BCUT2D eigenvalue weighted by Crippen LogP contribution is 2.29. The summed E-state index contributed by atoms with van der Waals surface area (Å²) in [5, 5.41) is 3.42. The quantitative estimate of drug-likeness (QED) is 0.922. The van der Waals surface area contributed by atoms with Gasteiger partial charge in [0.1, 0.15) is 0 Å². The summed E-state index contributed by atoms with van der Waals surface area (Å²) in [5.41, 5.74) is 3.26. The Labute approximate surface area is 120 Å². The number of nitrogens with zero attached hydrogens (tertiary/aromatic N) is 1. The molecule has 0 radical (unpaired) electrons. The van der Waals surface area contributed by atoms with Gasteiger partial charge in [0, 0.05) is 0 Å². The molecule has 1 aliphatic heterocycles. The molecule has 1 aromatic carbocycles. The SMILES string of the molecule is Cc1cc(C)c2nc(NC(=O)C3COCCO3)sc2c1. The number of hydrogen-bond acceptors (Lipinski definition) is 5. The maximum Gasteiger partial charge on any atom is 0.257 e. The van der Waals surface area contributed by atoms with Gasteiger partial charge in [-0.1, -0.05) is 17.4 Å². The van der Waals surface area contributed by atoms with E-state index in [1.54, 1.807) is 0 Å². The lowest BCUT2D eigenvalue weighted by atomic mass is 10.1. The lowest BCUT2D eigenvalue weighted by molar-refractivity contribution is -0.142.